The maximum atomic E-state index is 5.22. The molecule has 0 atom stereocenters. The smallest absolute Gasteiger partial charge is 0.151 e. The van der Waals surface area contributed by atoms with Crippen molar-refractivity contribution < 1.29 is 4.74 Å². The molecule has 128 valence electrons. The van der Waals surface area contributed by atoms with Crippen molar-refractivity contribution >= 4 is 11.5 Å². The van der Waals surface area contributed by atoms with E-state index in [1.165, 1.54) is 5.69 Å². The molecule has 0 radical (unpaired) electrons. The Morgan fingerprint density at radius 2 is 1.46 bits per heavy atom. The van der Waals surface area contributed by atoms with Crippen molar-refractivity contribution in [1.82, 2.24) is 10.2 Å². The summed E-state index contributed by atoms with van der Waals surface area (Å²) in [6, 6.07) is 12.4. The Morgan fingerprint density at radius 3 is 1.96 bits per heavy atom. The van der Waals surface area contributed by atoms with Crippen LogP contribution < -0.4 is 14.5 Å². The molecule has 1 aromatic heterocycles. The molecule has 3 rings (SSSR count). The van der Waals surface area contributed by atoms with Crippen molar-refractivity contribution in [3.05, 3.63) is 42.1 Å². The van der Waals surface area contributed by atoms with E-state index in [2.05, 4.69) is 65.0 Å². The van der Waals surface area contributed by atoms with Gasteiger partial charge in [0, 0.05) is 37.3 Å². The molecule has 1 saturated heterocycles. The van der Waals surface area contributed by atoms with Crippen LogP contribution in [-0.2, 0) is 5.41 Å². The second-order valence-electron chi connectivity index (χ2n) is 7.20. The van der Waals surface area contributed by atoms with E-state index in [4.69, 9.17) is 4.74 Å². The van der Waals surface area contributed by atoms with Gasteiger partial charge in [-0.05, 0) is 36.4 Å². The Kier molecular flexibility index (Phi) is 4.60. The van der Waals surface area contributed by atoms with Crippen molar-refractivity contribution in [2.45, 2.75) is 26.2 Å². The second kappa shape index (κ2) is 6.67. The molecule has 1 aliphatic rings. The lowest BCUT2D eigenvalue weighted by atomic mass is 9.92. The number of nitrogens with zero attached hydrogens (tertiary/aromatic N) is 4. The number of hydrogen-bond donors (Lipinski definition) is 0. The average molecular weight is 326 g/mol. The number of piperazine rings is 1. The van der Waals surface area contributed by atoms with Crippen LogP contribution in [0.4, 0.5) is 11.5 Å². The van der Waals surface area contributed by atoms with E-state index in [0.29, 0.717) is 0 Å². The molecule has 5 nitrogen and oxygen atoms in total. The van der Waals surface area contributed by atoms with Crippen LogP contribution in [0, 0.1) is 0 Å². The van der Waals surface area contributed by atoms with Crippen molar-refractivity contribution in [2.75, 3.05) is 43.1 Å². The van der Waals surface area contributed by atoms with Crippen LogP contribution in [0.2, 0.25) is 0 Å². The Morgan fingerprint density at radius 1 is 0.833 bits per heavy atom. The van der Waals surface area contributed by atoms with Gasteiger partial charge in [-0.3, -0.25) is 0 Å². The first-order valence-electron chi connectivity index (χ1n) is 8.45. The Hall–Kier alpha value is -2.30. The zero-order valence-corrected chi connectivity index (χ0v) is 15.0. The summed E-state index contributed by atoms with van der Waals surface area (Å²) in [5.41, 5.74) is 2.31. The lowest BCUT2D eigenvalue weighted by Gasteiger charge is -2.36. The lowest BCUT2D eigenvalue weighted by molar-refractivity contribution is 0.415. The molecule has 1 aromatic carbocycles. The van der Waals surface area contributed by atoms with Gasteiger partial charge in [0.25, 0.3) is 0 Å². The molecule has 0 saturated carbocycles. The predicted octanol–water partition coefficient (Wildman–Crippen LogP) is 3.11. The number of hydrogen-bond acceptors (Lipinski definition) is 5. The van der Waals surface area contributed by atoms with E-state index in [9.17, 15) is 0 Å². The maximum Gasteiger partial charge on any atom is 0.151 e. The van der Waals surface area contributed by atoms with Crippen LogP contribution in [0.5, 0.6) is 5.75 Å². The molecule has 0 spiro atoms. The first-order chi connectivity index (χ1) is 11.5. The van der Waals surface area contributed by atoms with Crippen LogP contribution in [0.15, 0.2) is 36.4 Å². The van der Waals surface area contributed by atoms with Crippen LogP contribution in [0.3, 0.4) is 0 Å². The van der Waals surface area contributed by atoms with Gasteiger partial charge in [-0.2, -0.15) is 5.10 Å². The quantitative estimate of drug-likeness (QED) is 0.867. The summed E-state index contributed by atoms with van der Waals surface area (Å²) < 4.78 is 5.22. The summed E-state index contributed by atoms with van der Waals surface area (Å²) in [5, 5.41) is 8.83. The molecule has 0 aliphatic carbocycles. The monoisotopic (exact) mass is 326 g/mol. The number of aromatic nitrogens is 2. The fourth-order valence-corrected chi connectivity index (χ4v) is 2.88. The summed E-state index contributed by atoms with van der Waals surface area (Å²) in [6.45, 7) is 10.3. The Bertz CT molecular complexity index is 653. The van der Waals surface area contributed by atoms with E-state index in [1.807, 2.05) is 12.1 Å². The van der Waals surface area contributed by atoms with E-state index in [-0.39, 0.29) is 5.41 Å². The maximum absolute atomic E-state index is 5.22. The molecule has 5 heteroatoms. The van der Waals surface area contributed by atoms with Gasteiger partial charge >= 0.3 is 0 Å². The van der Waals surface area contributed by atoms with Crippen LogP contribution in [0.1, 0.15) is 26.5 Å². The normalized spacial score (nSPS) is 15.5. The Balaban J connectivity index is 1.62. The van der Waals surface area contributed by atoms with Gasteiger partial charge < -0.3 is 14.5 Å². The predicted molar refractivity (Wildman–Crippen MR) is 98.2 cm³/mol. The standard InChI is InChI=1S/C19H26N4O/c1-19(2,3)17-9-10-18(21-20-17)23-13-11-22(12-14-23)15-5-7-16(24-4)8-6-15/h5-10H,11-14H2,1-4H3. The summed E-state index contributed by atoms with van der Waals surface area (Å²) in [6.07, 6.45) is 0. The average Bonchev–Trinajstić information content (AvgIpc) is 2.61. The number of ether oxygens (including phenoxy) is 1. The van der Waals surface area contributed by atoms with Gasteiger partial charge in [-0.15, -0.1) is 5.10 Å². The molecule has 0 amide bonds. The Labute approximate surface area is 144 Å². The van der Waals surface area contributed by atoms with E-state index >= 15 is 0 Å². The minimum atomic E-state index is 0.0403. The van der Waals surface area contributed by atoms with Crippen molar-refractivity contribution in [1.29, 1.82) is 0 Å². The molecule has 0 bridgehead atoms. The highest BCUT2D eigenvalue weighted by molar-refractivity contribution is 5.51. The summed E-state index contributed by atoms with van der Waals surface area (Å²) in [5.74, 6) is 1.86. The third-order valence-corrected chi connectivity index (χ3v) is 4.46. The highest BCUT2D eigenvalue weighted by Crippen LogP contribution is 2.23. The third-order valence-electron chi connectivity index (χ3n) is 4.46. The molecule has 0 unspecified atom stereocenters. The van der Waals surface area contributed by atoms with Crippen molar-refractivity contribution in [3.8, 4) is 5.75 Å². The second-order valence-corrected chi connectivity index (χ2v) is 7.20. The van der Waals surface area contributed by atoms with Gasteiger partial charge in [0.2, 0.25) is 0 Å². The van der Waals surface area contributed by atoms with Crippen LogP contribution >= 0.6 is 0 Å². The molecule has 0 N–H and O–H groups in total. The van der Waals surface area contributed by atoms with Gasteiger partial charge in [0.05, 0.1) is 12.8 Å². The highest BCUT2D eigenvalue weighted by Gasteiger charge is 2.20. The summed E-state index contributed by atoms with van der Waals surface area (Å²) >= 11 is 0. The van der Waals surface area contributed by atoms with E-state index in [0.717, 1.165) is 43.4 Å². The van der Waals surface area contributed by atoms with E-state index < -0.39 is 0 Å². The highest BCUT2D eigenvalue weighted by atomic mass is 16.5. The van der Waals surface area contributed by atoms with Crippen LogP contribution in [-0.4, -0.2) is 43.5 Å². The van der Waals surface area contributed by atoms with E-state index in [1.54, 1.807) is 7.11 Å². The van der Waals surface area contributed by atoms with Crippen molar-refractivity contribution in [2.24, 2.45) is 0 Å². The number of rotatable bonds is 3. The topological polar surface area (TPSA) is 41.5 Å². The minimum Gasteiger partial charge on any atom is -0.497 e. The third kappa shape index (κ3) is 3.61. The minimum absolute atomic E-state index is 0.0403. The molecular formula is C19H26N4O. The summed E-state index contributed by atoms with van der Waals surface area (Å²) in [7, 11) is 1.69. The van der Waals surface area contributed by atoms with Gasteiger partial charge in [0.15, 0.2) is 5.82 Å². The van der Waals surface area contributed by atoms with Gasteiger partial charge in [-0.25, -0.2) is 0 Å². The lowest BCUT2D eigenvalue weighted by Crippen LogP contribution is -2.46. The molecule has 2 aromatic rings. The molecule has 1 aliphatic heterocycles. The first-order valence-corrected chi connectivity index (χ1v) is 8.45. The number of anilines is 2. The van der Waals surface area contributed by atoms with Crippen molar-refractivity contribution in [3.63, 3.8) is 0 Å². The molecular weight excluding hydrogens is 300 g/mol. The number of benzene rings is 1. The SMILES string of the molecule is COc1ccc(N2CCN(c3ccc(C(C)(C)C)nn3)CC2)cc1. The van der Waals surface area contributed by atoms with Gasteiger partial charge in [-0.1, -0.05) is 20.8 Å². The zero-order chi connectivity index (χ0) is 17.2. The van der Waals surface area contributed by atoms with Crippen LogP contribution in [0.25, 0.3) is 0 Å². The zero-order valence-electron chi connectivity index (χ0n) is 15.0. The first kappa shape index (κ1) is 16.6. The largest absolute Gasteiger partial charge is 0.497 e. The molecule has 1 fully saturated rings. The summed E-state index contributed by atoms with van der Waals surface area (Å²) in [4.78, 5) is 4.70. The fraction of sp³-hybridized carbons (Fsp3) is 0.474. The molecule has 2 heterocycles. The molecule has 24 heavy (non-hydrogen) atoms. The number of methoxy groups -OCH3 is 1. The van der Waals surface area contributed by atoms with Gasteiger partial charge in [0.1, 0.15) is 5.75 Å². The fourth-order valence-electron chi connectivity index (χ4n) is 2.88.